The van der Waals surface area contributed by atoms with Crippen molar-refractivity contribution in [3.63, 3.8) is 0 Å². The van der Waals surface area contributed by atoms with Gasteiger partial charge in [0.1, 0.15) is 6.10 Å². The molecule has 174 valence electrons. The van der Waals surface area contributed by atoms with Gasteiger partial charge in [-0.05, 0) is 66.0 Å². The third kappa shape index (κ3) is 3.52. The Morgan fingerprint density at radius 3 is 2.55 bits per heavy atom. The molecule has 1 saturated carbocycles. The first-order chi connectivity index (χ1) is 15.7. The van der Waals surface area contributed by atoms with E-state index in [-0.39, 0.29) is 23.0 Å². The Labute approximate surface area is 198 Å². The fraction of sp³-hybridized carbons (Fsp3) is 0.586. The maximum Gasteiger partial charge on any atom is 0.111 e. The van der Waals surface area contributed by atoms with Crippen LogP contribution in [0.25, 0.3) is 0 Å². The summed E-state index contributed by atoms with van der Waals surface area (Å²) in [7, 11) is 0. The van der Waals surface area contributed by atoms with Gasteiger partial charge in [0.15, 0.2) is 0 Å². The largest absolute Gasteiger partial charge is 0.388 e. The number of rotatable bonds is 3. The minimum atomic E-state index is -0.503. The van der Waals surface area contributed by atoms with E-state index in [2.05, 4.69) is 52.8 Å². The van der Waals surface area contributed by atoms with Gasteiger partial charge in [-0.1, -0.05) is 58.9 Å². The van der Waals surface area contributed by atoms with E-state index < -0.39 is 6.10 Å². The van der Waals surface area contributed by atoms with Gasteiger partial charge >= 0.3 is 0 Å². The van der Waals surface area contributed by atoms with Gasteiger partial charge in [0, 0.05) is 22.5 Å². The first-order valence-electron chi connectivity index (χ1n) is 12.6. The highest BCUT2D eigenvalue weighted by atomic mass is 16.5. The lowest BCUT2D eigenvalue weighted by molar-refractivity contribution is -0.0842. The van der Waals surface area contributed by atoms with Crippen molar-refractivity contribution in [1.29, 1.82) is 5.26 Å². The maximum absolute atomic E-state index is 11.4. The topological polar surface area (TPSA) is 66.1 Å². The second kappa shape index (κ2) is 7.93. The summed E-state index contributed by atoms with van der Waals surface area (Å²) in [5.41, 5.74) is 7.53. The summed E-state index contributed by atoms with van der Waals surface area (Å²) >= 11 is 0. The van der Waals surface area contributed by atoms with Crippen LogP contribution in [-0.4, -0.2) is 10.1 Å². The lowest BCUT2D eigenvalue weighted by Crippen LogP contribution is -2.34. The fourth-order valence-electron chi connectivity index (χ4n) is 6.65. The number of ether oxygens (including phenoxy) is 1. The van der Waals surface area contributed by atoms with E-state index in [1.54, 1.807) is 0 Å². The van der Waals surface area contributed by atoms with Crippen molar-refractivity contribution < 1.29 is 9.84 Å². The quantitative estimate of drug-likeness (QED) is 0.594. The molecule has 1 aromatic carbocycles. The molecule has 0 radical (unpaired) electrons. The number of aliphatic hydroxyl groups is 1. The number of hydrogen-bond acceptors (Lipinski definition) is 4. The average molecular weight is 445 g/mol. The third-order valence-corrected chi connectivity index (χ3v) is 8.21. The van der Waals surface area contributed by atoms with Crippen LogP contribution in [0.5, 0.6) is 0 Å². The van der Waals surface area contributed by atoms with E-state index in [1.807, 2.05) is 12.1 Å². The summed E-state index contributed by atoms with van der Waals surface area (Å²) in [6.45, 7) is 11.2. The van der Waals surface area contributed by atoms with Gasteiger partial charge in [-0.3, -0.25) is 4.98 Å². The molecule has 33 heavy (non-hydrogen) atoms. The first kappa shape index (κ1) is 22.6. The summed E-state index contributed by atoms with van der Waals surface area (Å²) in [5, 5.41) is 20.5. The van der Waals surface area contributed by atoms with Gasteiger partial charge in [-0.15, -0.1) is 0 Å². The van der Waals surface area contributed by atoms with E-state index in [4.69, 9.17) is 15.0 Å². The molecule has 4 atom stereocenters. The summed E-state index contributed by atoms with van der Waals surface area (Å²) < 4.78 is 7.12. The van der Waals surface area contributed by atoms with Crippen molar-refractivity contribution in [2.24, 2.45) is 11.3 Å². The molecule has 0 amide bonds. The second-order valence-electron chi connectivity index (χ2n) is 11.6. The molecule has 1 fully saturated rings. The maximum atomic E-state index is 11.4. The minimum Gasteiger partial charge on any atom is -0.388 e. The molecule has 4 nitrogen and oxygen atoms in total. The highest BCUT2D eigenvalue weighted by Gasteiger charge is 2.55. The molecule has 1 aromatic heterocycles. The van der Waals surface area contributed by atoms with Crippen LogP contribution >= 0.6 is 0 Å². The normalized spacial score (nSPS) is 29.8. The molecule has 4 heteroatoms. The van der Waals surface area contributed by atoms with Gasteiger partial charge in [-0.25, -0.2) is 0 Å². The van der Waals surface area contributed by atoms with E-state index in [0.717, 1.165) is 60.2 Å². The predicted molar refractivity (Wildman–Crippen MR) is 129 cm³/mol. The van der Waals surface area contributed by atoms with Crippen molar-refractivity contribution in [2.75, 3.05) is 0 Å². The summed E-state index contributed by atoms with van der Waals surface area (Å²) in [5.74, 6) is 0.662. The zero-order valence-electron chi connectivity index (χ0n) is 20.6. The standard InChI is InChI=1S/C29H36N2O2/c1-17(2)26-24-25(23-21(31-26)15-28(4,5)16-22(23)32)29(13-6-7-18(29)3)33-27(24)20-10-8-19(9-11-20)12-14-30/h8-11,17-18,22,27,32H,6-7,12-13,15-16H2,1-5H3. The van der Waals surface area contributed by atoms with Crippen LogP contribution in [0.4, 0.5) is 0 Å². The van der Waals surface area contributed by atoms with E-state index in [9.17, 15) is 5.11 Å². The number of nitrogens with zero attached hydrogens (tertiary/aromatic N) is 2. The average Bonchev–Trinajstić information content (AvgIpc) is 3.28. The Hall–Kier alpha value is -2.22. The summed E-state index contributed by atoms with van der Waals surface area (Å²) in [4.78, 5) is 5.25. The monoisotopic (exact) mass is 444 g/mol. The van der Waals surface area contributed by atoms with Crippen molar-refractivity contribution in [3.8, 4) is 6.07 Å². The van der Waals surface area contributed by atoms with Crippen LogP contribution in [0.1, 0.15) is 118 Å². The van der Waals surface area contributed by atoms with E-state index in [0.29, 0.717) is 12.3 Å². The fourth-order valence-corrected chi connectivity index (χ4v) is 6.65. The molecule has 0 saturated heterocycles. The minimum absolute atomic E-state index is 0.0335. The van der Waals surface area contributed by atoms with Crippen LogP contribution in [-0.2, 0) is 23.2 Å². The molecule has 1 spiro atoms. The van der Waals surface area contributed by atoms with Crippen LogP contribution in [0.2, 0.25) is 0 Å². The number of nitriles is 1. The molecule has 1 N–H and O–H groups in total. The molecule has 0 bridgehead atoms. The molecule has 3 aliphatic rings. The Kier molecular flexibility index (Phi) is 5.42. The van der Waals surface area contributed by atoms with Crippen LogP contribution in [0, 0.1) is 22.7 Å². The number of fused-ring (bicyclic) bond motifs is 4. The van der Waals surface area contributed by atoms with Crippen molar-refractivity contribution in [1.82, 2.24) is 4.98 Å². The van der Waals surface area contributed by atoms with Crippen LogP contribution in [0.15, 0.2) is 24.3 Å². The van der Waals surface area contributed by atoms with Gasteiger partial charge in [0.2, 0.25) is 0 Å². The zero-order chi connectivity index (χ0) is 23.5. The molecule has 2 heterocycles. The number of pyridine rings is 1. The smallest absolute Gasteiger partial charge is 0.111 e. The molecule has 2 aliphatic carbocycles. The molecule has 4 unspecified atom stereocenters. The van der Waals surface area contributed by atoms with E-state index >= 15 is 0 Å². The van der Waals surface area contributed by atoms with Gasteiger partial charge in [-0.2, -0.15) is 5.26 Å². The SMILES string of the molecule is CC(C)c1nc2c(c3c1C(c1ccc(CC#N)cc1)OC31CCCC1C)C(O)CC(C)(C)C2. The summed E-state index contributed by atoms with van der Waals surface area (Å²) in [6.07, 6.45) is 4.65. The van der Waals surface area contributed by atoms with Crippen LogP contribution < -0.4 is 0 Å². The Morgan fingerprint density at radius 1 is 1.21 bits per heavy atom. The molecular formula is C29H36N2O2. The van der Waals surface area contributed by atoms with Crippen molar-refractivity contribution in [2.45, 2.75) is 96.9 Å². The number of aromatic nitrogens is 1. The third-order valence-electron chi connectivity index (χ3n) is 8.21. The highest BCUT2D eigenvalue weighted by molar-refractivity contribution is 5.55. The molecule has 5 rings (SSSR count). The molecule has 2 aromatic rings. The van der Waals surface area contributed by atoms with E-state index in [1.165, 1.54) is 11.1 Å². The molecule has 1 aliphatic heterocycles. The lowest BCUT2D eigenvalue weighted by Gasteiger charge is -2.39. The Morgan fingerprint density at radius 2 is 1.94 bits per heavy atom. The van der Waals surface area contributed by atoms with Crippen LogP contribution in [0.3, 0.4) is 0 Å². The molecular weight excluding hydrogens is 408 g/mol. The van der Waals surface area contributed by atoms with Gasteiger partial charge in [0.25, 0.3) is 0 Å². The summed E-state index contributed by atoms with van der Waals surface area (Å²) in [6, 6.07) is 10.6. The number of aliphatic hydroxyl groups excluding tert-OH is 1. The number of hydrogen-bond donors (Lipinski definition) is 1. The number of benzene rings is 1. The first-order valence-corrected chi connectivity index (χ1v) is 12.6. The van der Waals surface area contributed by atoms with Gasteiger partial charge < -0.3 is 9.84 Å². The Bertz CT molecular complexity index is 1110. The second-order valence-corrected chi connectivity index (χ2v) is 11.6. The van der Waals surface area contributed by atoms with Crippen molar-refractivity contribution in [3.05, 3.63) is 63.5 Å². The Balaban J connectivity index is 1.76. The lowest BCUT2D eigenvalue weighted by atomic mass is 9.69. The zero-order valence-corrected chi connectivity index (χ0v) is 20.6. The van der Waals surface area contributed by atoms with Gasteiger partial charge in [0.05, 0.1) is 24.2 Å². The highest BCUT2D eigenvalue weighted by Crippen LogP contribution is 2.61. The predicted octanol–water partition coefficient (Wildman–Crippen LogP) is 6.41. The van der Waals surface area contributed by atoms with Crippen molar-refractivity contribution >= 4 is 0 Å².